The molecule has 0 saturated carbocycles. The highest BCUT2D eigenvalue weighted by molar-refractivity contribution is 5.80. The summed E-state index contributed by atoms with van der Waals surface area (Å²) >= 11 is 0. The summed E-state index contributed by atoms with van der Waals surface area (Å²) in [5.74, 6) is 0.324. The van der Waals surface area contributed by atoms with E-state index in [2.05, 4.69) is 0 Å². The van der Waals surface area contributed by atoms with Crippen molar-refractivity contribution in [2.24, 2.45) is 11.7 Å². The van der Waals surface area contributed by atoms with Gasteiger partial charge in [-0.15, -0.1) is 0 Å². The topological polar surface area (TPSA) is 55.6 Å². The molecule has 0 radical (unpaired) electrons. The van der Waals surface area contributed by atoms with Crippen molar-refractivity contribution in [1.29, 1.82) is 0 Å². The van der Waals surface area contributed by atoms with E-state index in [-0.39, 0.29) is 24.0 Å². The quantitative estimate of drug-likeness (QED) is 0.719. The summed E-state index contributed by atoms with van der Waals surface area (Å²) in [5.41, 5.74) is 5.67. The second-order valence-electron chi connectivity index (χ2n) is 4.53. The van der Waals surface area contributed by atoms with Crippen LogP contribution in [0.2, 0.25) is 0 Å². The number of ether oxygens (including phenoxy) is 1. The molecule has 1 amide bonds. The number of rotatable bonds is 2. The van der Waals surface area contributed by atoms with E-state index < -0.39 is 0 Å². The van der Waals surface area contributed by atoms with Gasteiger partial charge in [-0.05, 0) is 26.2 Å². The van der Waals surface area contributed by atoms with Crippen LogP contribution in [0.3, 0.4) is 0 Å². The normalized spacial score (nSPS) is 36.1. The van der Waals surface area contributed by atoms with Crippen LogP contribution in [0.4, 0.5) is 0 Å². The van der Waals surface area contributed by atoms with Crippen molar-refractivity contribution >= 4 is 5.91 Å². The first-order valence-corrected chi connectivity index (χ1v) is 5.86. The molecular weight excluding hydrogens is 192 g/mol. The molecule has 86 valence electrons. The molecule has 3 unspecified atom stereocenters. The van der Waals surface area contributed by atoms with E-state index >= 15 is 0 Å². The summed E-state index contributed by atoms with van der Waals surface area (Å²) < 4.78 is 5.44. The van der Waals surface area contributed by atoms with Crippen molar-refractivity contribution < 1.29 is 9.53 Å². The maximum absolute atomic E-state index is 12.2. The Hall–Kier alpha value is -0.610. The predicted octanol–water partition coefficient (Wildman–Crippen LogP) is 0.361. The highest BCUT2D eigenvalue weighted by Gasteiger charge is 2.37. The zero-order chi connectivity index (χ0) is 10.8. The van der Waals surface area contributed by atoms with Crippen LogP contribution in [-0.2, 0) is 9.53 Å². The molecule has 4 heteroatoms. The number of carbonyl (C=O) groups is 1. The van der Waals surface area contributed by atoms with Crippen LogP contribution in [0.5, 0.6) is 0 Å². The fourth-order valence-electron chi connectivity index (χ4n) is 2.64. The lowest BCUT2D eigenvalue weighted by atomic mass is 10.0. The van der Waals surface area contributed by atoms with Gasteiger partial charge in [-0.1, -0.05) is 0 Å². The molecule has 0 aromatic carbocycles. The molecule has 2 aliphatic heterocycles. The highest BCUT2D eigenvalue weighted by Crippen LogP contribution is 2.26. The SMILES string of the molecule is CC1OCCC1C(=O)N1CCCC1CN. The lowest BCUT2D eigenvalue weighted by molar-refractivity contribution is -0.137. The van der Waals surface area contributed by atoms with Gasteiger partial charge in [0.2, 0.25) is 5.91 Å². The number of likely N-dealkylation sites (tertiary alicyclic amines) is 1. The van der Waals surface area contributed by atoms with Gasteiger partial charge in [0, 0.05) is 25.7 Å². The Bertz CT molecular complexity index is 245. The van der Waals surface area contributed by atoms with Gasteiger partial charge in [0.05, 0.1) is 12.0 Å². The van der Waals surface area contributed by atoms with Crippen molar-refractivity contribution in [1.82, 2.24) is 4.90 Å². The van der Waals surface area contributed by atoms with Gasteiger partial charge in [0.25, 0.3) is 0 Å². The minimum absolute atomic E-state index is 0.0668. The number of nitrogens with two attached hydrogens (primary N) is 1. The number of hydrogen-bond acceptors (Lipinski definition) is 3. The Morgan fingerprint density at radius 1 is 1.53 bits per heavy atom. The first-order chi connectivity index (χ1) is 7.24. The molecule has 2 fully saturated rings. The average molecular weight is 212 g/mol. The summed E-state index contributed by atoms with van der Waals surface area (Å²) in [6.07, 6.45) is 3.10. The molecule has 15 heavy (non-hydrogen) atoms. The maximum Gasteiger partial charge on any atom is 0.228 e. The third kappa shape index (κ3) is 2.01. The standard InChI is InChI=1S/C11H20N2O2/c1-8-10(4-6-15-8)11(14)13-5-2-3-9(13)7-12/h8-10H,2-7,12H2,1H3. The van der Waals surface area contributed by atoms with Gasteiger partial charge in [0.1, 0.15) is 0 Å². The lowest BCUT2D eigenvalue weighted by Gasteiger charge is -2.27. The van der Waals surface area contributed by atoms with Crippen LogP contribution >= 0.6 is 0 Å². The van der Waals surface area contributed by atoms with Crippen molar-refractivity contribution in [3.63, 3.8) is 0 Å². The van der Waals surface area contributed by atoms with E-state index in [1.165, 1.54) is 0 Å². The van der Waals surface area contributed by atoms with Crippen LogP contribution in [-0.4, -0.2) is 42.6 Å². The van der Waals surface area contributed by atoms with Crippen molar-refractivity contribution in [2.45, 2.75) is 38.3 Å². The zero-order valence-corrected chi connectivity index (χ0v) is 9.32. The van der Waals surface area contributed by atoms with Gasteiger partial charge in [-0.3, -0.25) is 4.79 Å². The Morgan fingerprint density at radius 2 is 2.33 bits per heavy atom. The first-order valence-electron chi connectivity index (χ1n) is 5.86. The van der Waals surface area contributed by atoms with E-state index in [0.29, 0.717) is 6.54 Å². The monoisotopic (exact) mass is 212 g/mol. The second kappa shape index (κ2) is 4.49. The molecule has 4 nitrogen and oxygen atoms in total. The average Bonchev–Trinajstić information content (AvgIpc) is 2.84. The number of amides is 1. The molecule has 0 aromatic heterocycles. The summed E-state index contributed by atoms with van der Waals surface area (Å²) in [6, 6.07) is 0.269. The predicted molar refractivity (Wildman–Crippen MR) is 57.3 cm³/mol. The van der Waals surface area contributed by atoms with Gasteiger partial charge in [0.15, 0.2) is 0 Å². The first kappa shape index (κ1) is 10.9. The number of nitrogens with zero attached hydrogens (tertiary/aromatic N) is 1. The van der Waals surface area contributed by atoms with E-state index in [1.54, 1.807) is 0 Å². The molecule has 0 aliphatic carbocycles. The third-order valence-corrected chi connectivity index (χ3v) is 3.63. The minimum atomic E-state index is 0.0668. The van der Waals surface area contributed by atoms with Crippen molar-refractivity contribution in [2.75, 3.05) is 19.7 Å². The van der Waals surface area contributed by atoms with Gasteiger partial charge in [-0.2, -0.15) is 0 Å². The maximum atomic E-state index is 12.2. The second-order valence-corrected chi connectivity index (χ2v) is 4.53. The van der Waals surface area contributed by atoms with E-state index in [0.717, 1.165) is 32.4 Å². The molecule has 2 heterocycles. The van der Waals surface area contributed by atoms with Crippen LogP contribution in [0.25, 0.3) is 0 Å². The molecule has 2 rings (SSSR count). The fraction of sp³-hybridized carbons (Fsp3) is 0.909. The summed E-state index contributed by atoms with van der Waals surface area (Å²) in [6.45, 7) is 4.18. The van der Waals surface area contributed by atoms with Gasteiger partial charge in [-0.25, -0.2) is 0 Å². The number of carbonyl (C=O) groups excluding carboxylic acids is 1. The van der Waals surface area contributed by atoms with E-state index in [1.807, 2.05) is 11.8 Å². The third-order valence-electron chi connectivity index (χ3n) is 3.63. The fourth-order valence-corrected chi connectivity index (χ4v) is 2.64. The van der Waals surface area contributed by atoms with E-state index in [9.17, 15) is 4.79 Å². The van der Waals surface area contributed by atoms with Crippen LogP contribution in [0.1, 0.15) is 26.2 Å². The Balaban J connectivity index is 2.00. The minimum Gasteiger partial charge on any atom is -0.378 e. The van der Waals surface area contributed by atoms with Gasteiger partial charge >= 0.3 is 0 Å². The van der Waals surface area contributed by atoms with Crippen molar-refractivity contribution in [3.8, 4) is 0 Å². The van der Waals surface area contributed by atoms with Crippen LogP contribution in [0, 0.1) is 5.92 Å². The molecule has 0 aromatic rings. The highest BCUT2D eigenvalue weighted by atomic mass is 16.5. The Morgan fingerprint density at radius 3 is 2.93 bits per heavy atom. The summed E-state index contributed by atoms with van der Waals surface area (Å²) in [5, 5.41) is 0. The molecule has 2 saturated heterocycles. The molecule has 3 atom stereocenters. The number of hydrogen-bond donors (Lipinski definition) is 1. The lowest BCUT2D eigenvalue weighted by Crippen LogP contribution is -2.44. The molecule has 0 bridgehead atoms. The molecule has 0 spiro atoms. The molecular formula is C11H20N2O2. The van der Waals surface area contributed by atoms with Crippen LogP contribution < -0.4 is 5.73 Å². The Kier molecular flexibility index (Phi) is 3.26. The molecule has 2 aliphatic rings. The van der Waals surface area contributed by atoms with Crippen LogP contribution in [0.15, 0.2) is 0 Å². The summed E-state index contributed by atoms with van der Waals surface area (Å²) in [7, 11) is 0. The smallest absolute Gasteiger partial charge is 0.228 e. The Labute approximate surface area is 90.8 Å². The zero-order valence-electron chi connectivity index (χ0n) is 9.32. The van der Waals surface area contributed by atoms with E-state index in [4.69, 9.17) is 10.5 Å². The van der Waals surface area contributed by atoms with Gasteiger partial charge < -0.3 is 15.4 Å². The summed E-state index contributed by atoms with van der Waals surface area (Å²) in [4.78, 5) is 14.2. The molecule has 2 N–H and O–H groups in total. The van der Waals surface area contributed by atoms with Crippen molar-refractivity contribution in [3.05, 3.63) is 0 Å². The largest absolute Gasteiger partial charge is 0.378 e.